The van der Waals surface area contributed by atoms with E-state index in [0.29, 0.717) is 31.7 Å². The van der Waals surface area contributed by atoms with Gasteiger partial charge >= 0.3 is 6.09 Å². The molecule has 1 spiro atoms. The third-order valence-electron chi connectivity index (χ3n) is 6.77. The summed E-state index contributed by atoms with van der Waals surface area (Å²) in [5.74, 6) is -0.742. The summed E-state index contributed by atoms with van der Waals surface area (Å²) in [6.45, 7) is 3.19. The summed E-state index contributed by atoms with van der Waals surface area (Å²) < 4.78 is 20.7. The highest BCUT2D eigenvalue weighted by molar-refractivity contribution is 6.31. The van der Waals surface area contributed by atoms with Crippen LogP contribution in [-0.2, 0) is 23.4 Å². The maximum Gasteiger partial charge on any atom is 0.412 e. The second kappa shape index (κ2) is 11.3. The van der Waals surface area contributed by atoms with E-state index in [-0.39, 0.29) is 34.7 Å². The Morgan fingerprint density at radius 3 is 2.83 bits per heavy atom. The third-order valence-corrected chi connectivity index (χ3v) is 7.07. The van der Waals surface area contributed by atoms with E-state index < -0.39 is 17.5 Å². The number of amides is 2. The molecule has 0 saturated carbocycles. The Morgan fingerprint density at radius 1 is 1.27 bits per heavy atom. The number of hydrogen-bond acceptors (Lipinski definition) is 8. The van der Waals surface area contributed by atoms with Gasteiger partial charge in [0, 0.05) is 31.9 Å². The van der Waals surface area contributed by atoms with Crippen LogP contribution < -0.4 is 21.3 Å². The molecule has 1 aromatic heterocycles. The molecule has 0 radical (unpaired) electrons. The molecule has 1 atom stereocenters. The van der Waals surface area contributed by atoms with Crippen molar-refractivity contribution in [2.75, 3.05) is 23.3 Å². The Hall–Kier alpha value is -4.51. The fourth-order valence-electron chi connectivity index (χ4n) is 4.70. The van der Waals surface area contributed by atoms with Crippen LogP contribution in [0.2, 0.25) is 5.02 Å². The van der Waals surface area contributed by atoms with Gasteiger partial charge < -0.3 is 20.7 Å². The summed E-state index contributed by atoms with van der Waals surface area (Å²) in [6, 6.07) is 12.2. The van der Waals surface area contributed by atoms with Gasteiger partial charge in [-0.25, -0.2) is 19.2 Å². The molecule has 0 bridgehead atoms. The van der Waals surface area contributed by atoms with Crippen molar-refractivity contribution in [3.8, 4) is 0 Å². The number of nitrogens with zero attached hydrogens (tertiary/aromatic N) is 4. The van der Waals surface area contributed by atoms with Gasteiger partial charge in [0.1, 0.15) is 5.69 Å². The minimum atomic E-state index is -1.26. The Morgan fingerprint density at radius 2 is 2.05 bits per heavy atom. The molecule has 2 aliphatic rings. The fraction of sp³-hybridized carbons (Fsp3) is 0.250. The quantitative estimate of drug-likeness (QED) is 0.365. The van der Waals surface area contributed by atoms with E-state index in [1.165, 1.54) is 24.5 Å². The monoisotopic (exact) mass is 563 g/mol. The van der Waals surface area contributed by atoms with Crippen LogP contribution in [0.4, 0.5) is 20.8 Å². The van der Waals surface area contributed by atoms with Gasteiger partial charge in [0.15, 0.2) is 11.4 Å². The molecule has 0 aliphatic carbocycles. The lowest BCUT2D eigenvalue weighted by Gasteiger charge is -2.35. The summed E-state index contributed by atoms with van der Waals surface area (Å²) in [6.07, 6.45) is 4.33. The van der Waals surface area contributed by atoms with Crippen molar-refractivity contribution in [2.24, 2.45) is 10.7 Å². The molecule has 5 rings (SSSR count). The molecule has 2 amide bonds. The highest BCUT2D eigenvalue weighted by Gasteiger charge is 2.50. The topological polar surface area (TPSA) is 135 Å². The zero-order chi connectivity index (χ0) is 28.3. The molecule has 2 aromatic carbocycles. The second-order valence-electron chi connectivity index (χ2n) is 9.59. The van der Waals surface area contributed by atoms with Crippen LogP contribution in [0.25, 0.3) is 0 Å². The van der Waals surface area contributed by atoms with Crippen molar-refractivity contribution in [3.63, 3.8) is 0 Å². The molecule has 3 aromatic rings. The van der Waals surface area contributed by atoms with Crippen LogP contribution in [0.5, 0.6) is 0 Å². The number of fused-ring (bicyclic) bond motifs is 2. The second-order valence-corrected chi connectivity index (χ2v) is 9.99. The number of halogens is 2. The van der Waals surface area contributed by atoms with Crippen LogP contribution in [0.1, 0.15) is 40.5 Å². The molecule has 10 nitrogen and oxygen atoms in total. The van der Waals surface area contributed by atoms with E-state index in [4.69, 9.17) is 22.1 Å². The van der Waals surface area contributed by atoms with E-state index in [1.54, 1.807) is 17.2 Å². The molecule has 4 N–H and O–H groups in total. The number of rotatable bonds is 7. The van der Waals surface area contributed by atoms with Gasteiger partial charge in [0.05, 0.1) is 29.4 Å². The minimum Gasteiger partial charge on any atom is -0.436 e. The van der Waals surface area contributed by atoms with E-state index in [2.05, 4.69) is 25.6 Å². The van der Waals surface area contributed by atoms with Crippen molar-refractivity contribution < 1.29 is 18.7 Å². The van der Waals surface area contributed by atoms with Crippen LogP contribution >= 0.6 is 11.6 Å². The van der Waals surface area contributed by atoms with E-state index >= 15 is 4.39 Å². The number of carbonyl (C=O) groups is 2. The first-order chi connectivity index (χ1) is 19.3. The summed E-state index contributed by atoms with van der Waals surface area (Å²) in [5, 5.41) is 5.33. The van der Waals surface area contributed by atoms with Gasteiger partial charge in [-0.1, -0.05) is 35.9 Å². The average Bonchev–Trinajstić information content (AvgIpc) is 3.37. The minimum absolute atomic E-state index is 0.0654. The summed E-state index contributed by atoms with van der Waals surface area (Å²) in [5.41, 5.74) is 7.70. The first-order valence-corrected chi connectivity index (χ1v) is 13.0. The maximum absolute atomic E-state index is 15.1. The van der Waals surface area contributed by atoms with Crippen molar-refractivity contribution in [1.82, 2.24) is 15.3 Å². The number of hydrogen-bond donors (Lipinski definition) is 3. The number of benzene rings is 2. The van der Waals surface area contributed by atoms with Crippen molar-refractivity contribution in [2.45, 2.75) is 32.0 Å². The Kier molecular flexibility index (Phi) is 7.65. The van der Waals surface area contributed by atoms with E-state index in [9.17, 15) is 9.59 Å². The van der Waals surface area contributed by atoms with Gasteiger partial charge in [-0.3, -0.25) is 15.1 Å². The first kappa shape index (κ1) is 27.1. The molecule has 12 heteroatoms. The van der Waals surface area contributed by atoms with Crippen molar-refractivity contribution in [1.29, 1.82) is 0 Å². The molecule has 0 unspecified atom stereocenters. The Balaban J connectivity index is 1.24. The van der Waals surface area contributed by atoms with Crippen LogP contribution in [-0.4, -0.2) is 41.3 Å². The lowest BCUT2D eigenvalue weighted by atomic mass is 9.89. The maximum atomic E-state index is 15.1. The summed E-state index contributed by atoms with van der Waals surface area (Å²) >= 11 is 6.03. The molecule has 3 heterocycles. The molecule has 2 aliphatic heterocycles. The number of nitrogens with one attached hydrogen (secondary N) is 2. The van der Waals surface area contributed by atoms with Gasteiger partial charge in [-0.05, 0) is 48.0 Å². The average molecular weight is 564 g/mol. The molecule has 206 valence electrons. The largest absolute Gasteiger partial charge is 0.436 e. The summed E-state index contributed by atoms with van der Waals surface area (Å²) in [4.78, 5) is 39.9. The predicted octanol–water partition coefficient (Wildman–Crippen LogP) is 4.30. The summed E-state index contributed by atoms with van der Waals surface area (Å²) in [7, 11) is 0. The highest BCUT2D eigenvalue weighted by atomic mass is 35.5. The van der Waals surface area contributed by atoms with Crippen LogP contribution in [0, 0.1) is 5.82 Å². The number of anilines is 2. The highest BCUT2D eigenvalue weighted by Crippen LogP contribution is 2.46. The molecular formula is C28H27ClFN7O3. The lowest BCUT2D eigenvalue weighted by molar-refractivity contribution is 0.0263. The number of aliphatic imine (C=N–C) groups is 1. The lowest BCUT2D eigenvalue weighted by Crippen LogP contribution is -2.43. The molecule has 1 fully saturated rings. The van der Waals surface area contributed by atoms with E-state index in [0.717, 1.165) is 16.7 Å². The SMILES string of the molecule is C/C(C=NCc1ccc(CNC(=O)c2ccnc(N3CC[C@]4(C3)OC(=O)Nc3ccc(Cl)c(F)c34)n2)cc1)=C/N. The van der Waals surface area contributed by atoms with Gasteiger partial charge in [-0.15, -0.1) is 0 Å². The number of aromatic nitrogens is 2. The van der Waals surface area contributed by atoms with Crippen molar-refractivity contribution >= 4 is 41.5 Å². The predicted molar refractivity (Wildman–Crippen MR) is 150 cm³/mol. The van der Waals surface area contributed by atoms with Crippen LogP contribution in [0.15, 0.2) is 65.4 Å². The fourth-order valence-corrected chi connectivity index (χ4v) is 4.86. The zero-order valence-electron chi connectivity index (χ0n) is 21.7. The first-order valence-electron chi connectivity index (χ1n) is 12.6. The molecule has 40 heavy (non-hydrogen) atoms. The normalized spacial score (nSPS) is 18.5. The van der Waals surface area contributed by atoms with E-state index in [1.807, 2.05) is 31.2 Å². The molecular weight excluding hydrogens is 537 g/mol. The van der Waals surface area contributed by atoms with Crippen molar-refractivity contribution in [3.05, 3.63) is 93.7 Å². The number of allylic oxidation sites excluding steroid dienone is 1. The third kappa shape index (κ3) is 5.59. The standard InChI is InChI=1S/C28H27ClFN7O3/c1-17(12-31)13-32-14-18-2-4-19(5-3-18)15-34-25(38)22-8-10-33-26(35-22)37-11-9-28(16-37)23-21(36-27(39)40-28)7-6-20(29)24(23)30/h2-8,10,12-13H,9,11,14-16,31H2,1H3,(H,34,38)(H,36,39)/b17-12-,32-13?/t28-/m1/s1. The Bertz CT molecular complexity index is 1510. The van der Waals surface area contributed by atoms with Gasteiger partial charge in [0.2, 0.25) is 5.95 Å². The number of ether oxygens (including phenoxy) is 1. The molecule has 1 saturated heterocycles. The smallest absolute Gasteiger partial charge is 0.412 e. The zero-order valence-corrected chi connectivity index (χ0v) is 22.4. The van der Waals surface area contributed by atoms with Crippen LogP contribution in [0.3, 0.4) is 0 Å². The number of carbonyl (C=O) groups excluding carboxylic acids is 2. The Labute approximate surface area is 235 Å². The number of nitrogens with two attached hydrogens (primary N) is 1. The van der Waals surface area contributed by atoms with Gasteiger partial charge in [0.25, 0.3) is 5.91 Å². The van der Waals surface area contributed by atoms with Gasteiger partial charge in [-0.2, -0.15) is 0 Å².